The fourth-order valence-corrected chi connectivity index (χ4v) is 6.19. The van der Waals surface area contributed by atoms with Crippen LogP contribution >= 0.6 is 11.6 Å². The number of aromatic amines is 1. The van der Waals surface area contributed by atoms with Gasteiger partial charge in [0.15, 0.2) is 0 Å². The number of carbonyl (C=O) groups is 2. The lowest BCUT2D eigenvalue weighted by Gasteiger charge is -2.37. The number of hydrogen-bond acceptors (Lipinski definition) is 4. The summed E-state index contributed by atoms with van der Waals surface area (Å²) < 4.78 is 0. The quantitative estimate of drug-likeness (QED) is 0.396. The summed E-state index contributed by atoms with van der Waals surface area (Å²) in [6.07, 6.45) is 3.87. The first kappa shape index (κ1) is 18.2. The number of benzene rings is 2. The van der Waals surface area contributed by atoms with Crippen LogP contribution < -0.4 is 10.2 Å². The van der Waals surface area contributed by atoms with Crippen molar-refractivity contribution in [2.24, 2.45) is 0 Å². The summed E-state index contributed by atoms with van der Waals surface area (Å²) in [5, 5.41) is 14.3. The van der Waals surface area contributed by atoms with Gasteiger partial charge in [-0.25, -0.2) is 0 Å². The van der Waals surface area contributed by atoms with Crippen molar-refractivity contribution < 1.29 is 14.7 Å². The molecule has 0 saturated heterocycles. The van der Waals surface area contributed by atoms with Crippen molar-refractivity contribution in [1.82, 2.24) is 10.3 Å². The molecule has 1 aromatic heterocycles. The summed E-state index contributed by atoms with van der Waals surface area (Å²) >= 11 is 6.40. The number of H-pyrrole nitrogens is 1. The van der Waals surface area contributed by atoms with Gasteiger partial charge in [-0.15, -0.1) is 0 Å². The van der Waals surface area contributed by atoms with E-state index in [9.17, 15) is 14.7 Å². The van der Waals surface area contributed by atoms with E-state index >= 15 is 0 Å². The predicted octanol–water partition coefficient (Wildman–Crippen LogP) is 3.58. The molecular weight excluding hydrogens is 426 g/mol. The highest BCUT2D eigenvalue weighted by molar-refractivity contribution is 6.39. The highest BCUT2D eigenvalue weighted by Crippen LogP contribution is 2.60. The van der Waals surface area contributed by atoms with Crippen LogP contribution in [-0.2, 0) is 9.59 Å². The summed E-state index contributed by atoms with van der Waals surface area (Å²) in [5.41, 5.74) is 5.53. The summed E-state index contributed by atoms with van der Waals surface area (Å²) in [5.74, 6) is -0.990. The molecule has 4 aliphatic rings. The number of imide groups is 1. The van der Waals surface area contributed by atoms with E-state index in [-0.39, 0.29) is 29.8 Å². The van der Waals surface area contributed by atoms with E-state index in [2.05, 4.69) is 15.2 Å². The highest BCUT2D eigenvalue weighted by atomic mass is 35.5. The molecule has 3 aromatic rings. The lowest BCUT2D eigenvalue weighted by atomic mass is 9.76. The van der Waals surface area contributed by atoms with Crippen LogP contribution in [-0.4, -0.2) is 34.1 Å². The molecule has 0 bridgehead atoms. The standard InChI is InChI=1S/C25H18ClN3O3/c26-11-5-8-15-17(9-11)29(12-6-7-13(30)10-12)23-19(15)21-20(24(31)28-25(21)32)18-14-3-1-2-4-16(14)27-22(18)23/h1-9,12-13,19,23,27,30H,10H2,(H,28,31,32)/t12?,13-,19?,23?/m0/s1. The fraction of sp³-hybridized carbons (Fsp3) is 0.200. The molecular formula is C25H18ClN3O3. The van der Waals surface area contributed by atoms with Crippen molar-refractivity contribution in [3.8, 4) is 0 Å². The van der Waals surface area contributed by atoms with Crippen LogP contribution in [0.15, 0.2) is 60.2 Å². The third-order valence-electron chi connectivity index (χ3n) is 7.18. The number of aliphatic hydroxyl groups excluding tert-OH is 1. The molecule has 0 spiro atoms. The Morgan fingerprint density at radius 3 is 2.72 bits per heavy atom. The van der Waals surface area contributed by atoms with Gasteiger partial charge in [0.05, 0.1) is 23.8 Å². The second-order valence-electron chi connectivity index (χ2n) is 8.82. The second-order valence-corrected chi connectivity index (χ2v) is 9.26. The molecule has 2 aliphatic heterocycles. The predicted molar refractivity (Wildman–Crippen MR) is 121 cm³/mol. The van der Waals surface area contributed by atoms with E-state index < -0.39 is 6.10 Å². The Bertz CT molecular complexity index is 1440. The van der Waals surface area contributed by atoms with Gasteiger partial charge in [0.25, 0.3) is 11.8 Å². The Labute approximate surface area is 188 Å². The monoisotopic (exact) mass is 443 g/mol. The molecule has 0 fully saturated rings. The summed E-state index contributed by atoms with van der Waals surface area (Å²) in [4.78, 5) is 31.9. The number of fused-ring (bicyclic) bond motifs is 9. The number of nitrogens with one attached hydrogen (secondary N) is 2. The average molecular weight is 444 g/mol. The summed E-state index contributed by atoms with van der Waals surface area (Å²) in [7, 11) is 0. The van der Waals surface area contributed by atoms with Gasteiger partial charge >= 0.3 is 0 Å². The minimum atomic E-state index is -0.515. The van der Waals surface area contributed by atoms with E-state index in [0.29, 0.717) is 22.6 Å². The van der Waals surface area contributed by atoms with Crippen LogP contribution in [0.5, 0.6) is 0 Å². The van der Waals surface area contributed by atoms with Crippen molar-refractivity contribution in [1.29, 1.82) is 0 Å². The number of amides is 2. The zero-order chi connectivity index (χ0) is 21.7. The normalized spacial score (nSPS) is 27.6. The summed E-state index contributed by atoms with van der Waals surface area (Å²) in [6, 6.07) is 13.3. The number of rotatable bonds is 1. The number of hydrogen-bond donors (Lipinski definition) is 3. The molecule has 2 amide bonds. The molecule has 7 rings (SSSR count). The van der Waals surface area contributed by atoms with Crippen LogP contribution in [0, 0.1) is 0 Å². The average Bonchev–Trinajstić information content (AvgIpc) is 3.50. The number of para-hydroxylation sites is 1. The first-order valence-corrected chi connectivity index (χ1v) is 11.1. The maximum absolute atomic E-state index is 13.1. The molecule has 0 radical (unpaired) electrons. The number of carbonyl (C=O) groups excluding carboxylic acids is 2. The Morgan fingerprint density at radius 2 is 1.91 bits per heavy atom. The molecule has 32 heavy (non-hydrogen) atoms. The van der Waals surface area contributed by atoms with Gasteiger partial charge in [0.1, 0.15) is 0 Å². The van der Waals surface area contributed by atoms with Gasteiger partial charge in [-0.3, -0.25) is 14.9 Å². The molecule has 3 unspecified atom stereocenters. The van der Waals surface area contributed by atoms with Crippen molar-refractivity contribution in [2.75, 3.05) is 4.90 Å². The highest BCUT2D eigenvalue weighted by Gasteiger charge is 2.54. The van der Waals surface area contributed by atoms with Gasteiger partial charge in [0.2, 0.25) is 0 Å². The van der Waals surface area contributed by atoms with Crippen LogP contribution in [0.2, 0.25) is 5.02 Å². The maximum atomic E-state index is 13.1. The van der Waals surface area contributed by atoms with Crippen LogP contribution in [0.25, 0.3) is 16.5 Å². The topological polar surface area (TPSA) is 85.4 Å². The Balaban J connectivity index is 1.57. The van der Waals surface area contributed by atoms with Crippen molar-refractivity contribution >= 4 is 45.6 Å². The van der Waals surface area contributed by atoms with E-state index in [1.165, 1.54) is 0 Å². The van der Waals surface area contributed by atoms with Crippen LogP contribution in [0.1, 0.15) is 35.2 Å². The van der Waals surface area contributed by atoms with E-state index in [1.54, 1.807) is 0 Å². The molecule has 158 valence electrons. The minimum absolute atomic E-state index is 0.0567. The molecule has 3 heterocycles. The third kappa shape index (κ3) is 2.18. The van der Waals surface area contributed by atoms with E-state index in [0.717, 1.165) is 33.4 Å². The van der Waals surface area contributed by atoms with Gasteiger partial charge < -0.3 is 15.0 Å². The number of aromatic nitrogens is 1. The molecule has 7 heteroatoms. The smallest absolute Gasteiger partial charge is 0.259 e. The Morgan fingerprint density at radius 1 is 1.06 bits per heavy atom. The van der Waals surface area contributed by atoms with Crippen molar-refractivity contribution in [2.45, 2.75) is 30.5 Å². The molecule has 4 atom stereocenters. The third-order valence-corrected chi connectivity index (χ3v) is 7.41. The van der Waals surface area contributed by atoms with Crippen LogP contribution in [0.3, 0.4) is 0 Å². The minimum Gasteiger partial charge on any atom is -0.389 e. The molecule has 6 nitrogen and oxygen atoms in total. The first-order valence-electron chi connectivity index (χ1n) is 10.7. The number of anilines is 1. The van der Waals surface area contributed by atoms with Gasteiger partial charge in [-0.05, 0) is 23.8 Å². The number of aliphatic hydroxyl groups is 1. The van der Waals surface area contributed by atoms with Gasteiger partial charge in [-0.2, -0.15) is 0 Å². The van der Waals surface area contributed by atoms with Gasteiger partial charge in [0, 0.05) is 50.8 Å². The largest absolute Gasteiger partial charge is 0.389 e. The Kier molecular flexibility index (Phi) is 3.49. The Hall–Kier alpha value is -3.35. The summed E-state index contributed by atoms with van der Waals surface area (Å²) in [6.45, 7) is 0. The fourth-order valence-electron chi connectivity index (χ4n) is 6.02. The number of nitrogens with zero attached hydrogens (tertiary/aromatic N) is 1. The van der Waals surface area contributed by atoms with Crippen molar-refractivity contribution in [3.05, 3.63) is 82.0 Å². The second kappa shape index (κ2) is 6.12. The van der Waals surface area contributed by atoms with E-state index in [1.807, 2.05) is 54.6 Å². The molecule has 3 N–H and O–H groups in total. The number of halogens is 1. The van der Waals surface area contributed by atoms with Gasteiger partial charge in [-0.1, -0.05) is 48.0 Å². The van der Waals surface area contributed by atoms with Crippen molar-refractivity contribution in [3.63, 3.8) is 0 Å². The SMILES string of the molecule is O=C1NC(=O)C2=C1c1c([nH]c3ccccc13)C1C2c2ccc(Cl)cc2N1C1C=C[C@H](O)C1. The lowest BCUT2D eigenvalue weighted by molar-refractivity contribution is -0.123. The molecule has 2 aromatic carbocycles. The lowest BCUT2D eigenvalue weighted by Crippen LogP contribution is -2.38. The van der Waals surface area contributed by atoms with Crippen LogP contribution in [0.4, 0.5) is 5.69 Å². The maximum Gasteiger partial charge on any atom is 0.259 e. The zero-order valence-electron chi connectivity index (χ0n) is 16.8. The van der Waals surface area contributed by atoms with E-state index in [4.69, 9.17) is 11.6 Å². The first-order chi connectivity index (χ1) is 15.5. The molecule has 0 saturated carbocycles. The zero-order valence-corrected chi connectivity index (χ0v) is 17.6. The molecule has 2 aliphatic carbocycles.